The second-order valence-corrected chi connectivity index (χ2v) is 5.91. The fraction of sp³-hybridized carbons (Fsp3) is 0.200. The van der Waals surface area contributed by atoms with Crippen LogP contribution in [-0.2, 0) is 11.0 Å². The smallest absolute Gasteiger partial charge is 0.416 e. The van der Waals surface area contributed by atoms with Gasteiger partial charge in [-0.15, -0.1) is 0 Å². The van der Waals surface area contributed by atoms with Crippen molar-refractivity contribution in [1.82, 2.24) is 0 Å². The van der Waals surface area contributed by atoms with Gasteiger partial charge in [-0.3, -0.25) is 4.79 Å². The van der Waals surface area contributed by atoms with E-state index in [4.69, 9.17) is 4.74 Å². The zero-order chi connectivity index (χ0) is 20.0. The first-order valence-electron chi connectivity index (χ1n) is 8.07. The Hall–Kier alpha value is -3.27. The Kier molecular flexibility index (Phi) is 6.24. The number of ether oxygens (including phenoxy) is 1. The molecular formula is C20H17F3N2O2. The second kappa shape index (κ2) is 8.41. The van der Waals surface area contributed by atoms with E-state index in [2.05, 4.69) is 5.32 Å². The number of hydrogen-bond donors (Lipinski definition) is 1. The molecule has 0 fully saturated rings. The largest absolute Gasteiger partial charge is 0.490 e. The molecule has 4 nitrogen and oxygen atoms in total. The molecule has 1 N–H and O–H groups in total. The molecule has 0 radical (unpaired) electrons. The number of carbonyl (C=O) groups is 1. The minimum absolute atomic E-state index is 0.0531. The molecule has 0 aliphatic carbocycles. The van der Waals surface area contributed by atoms with Crippen molar-refractivity contribution in [3.63, 3.8) is 0 Å². The van der Waals surface area contributed by atoms with Crippen molar-refractivity contribution in [1.29, 1.82) is 5.26 Å². The number of para-hydroxylation sites is 1. The summed E-state index contributed by atoms with van der Waals surface area (Å²) in [5.74, 6) is -0.316. The van der Waals surface area contributed by atoms with Crippen molar-refractivity contribution in [3.05, 3.63) is 65.2 Å². The molecule has 0 aliphatic rings. The number of nitriles is 1. The predicted molar refractivity (Wildman–Crippen MR) is 95.9 cm³/mol. The van der Waals surface area contributed by atoms with Gasteiger partial charge in [0, 0.05) is 11.3 Å². The summed E-state index contributed by atoms with van der Waals surface area (Å²) < 4.78 is 44.0. The Morgan fingerprint density at radius 2 is 1.89 bits per heavy atom. The Morgan fingerprint density at radius 1 is 1.19 bits per heavy atom. The molecule has 140 valence electrons. The number of benzene rings is 2. The van der Waals surface area contributed by atoms with Crippen LogP contribution in [0.15, 0.2) is 54.1 Å². The van der Waals surface area contributed by atoms with E-state index >= 15 is 0 Å². The van der Waals surface area contributed by atoms with E-state index in [1.807, 2.05) is 13.8 Å². The molecule has 2 aromatic carbocycles. The molecule has 0 aliphatic heterocycles. The van der Waals surface area contributed by atoms with Crippen molar-refractivity contribution in [2.24, 2.45) is 0 Å². The van der Waals surface area contributed by atoms with Crippen LogP contribution >= 0.6 is 0 Å². The number of carbonyl (C=O) groups excluding carboxylic acids is 1. The number of halogens is 3. The van der Waals surface area contributed by atoms with Gasteiger partial charge in [0.05, 0.1) is 11.7 Å². The fourth-order valence-corrected chi connectivity index (χ4v) is 2.24. The highest BCUT2D eigenvalue weighted by Crippen LogP contribution is 2.30. The number of anilines is 1. The van der Waals surface area contributed by atoms with E-state index in [1.165, 1.54) is 18.2 Å². The third-order valence-electron chi connectivity index (χ3n) is 3.39. The van der Waals surface area contributed by atoms with Gasteiger partial charge in [0.25, 0.3) is 5.91 Å². The predicted octanol–water partition coefficient (Wildman–Crippen LogP) is 5.04. The maximum atomic E-state index is 12.8. The van der Waals surface area contributed by atoms with Crippen LogP contribution in [0.3, 0.4) is 0 Å². The van der Waals surface area contributed by atoms with Crippen LogP contribution in [0.25, 0.3) is 6.08 Å². The summed E-state index contributed by atoms with van der Waals surface area (Å²) in [4.78, 5) is 12.3. The molecule has 0 aromatic heterocycles. The first-order valence-corrected chi connectivity index (χ1v) is 8.07. The fourth-order valence-electron chi connectivity index (χ4n) is 2.24. The number of amides is 1. The summed E-state index contributed by atoms with van der Waals surface area (Å²) >= 11 is 0. The standard InChI is InChI=1S/C20H17F3N2O2/c1-13(2)27-18-9-4-3-6-14(18)10-15(12-24)19(26)25-17-8-5-7-16(11-17)20(21,22)23/h3-11,13H,1-2H3,(H,25,26). The molecule has 1 amide bonds. The van der Waals surface area contributed by atoms with Gasteiger partial charge < -0.3 is 10.1 Å². The summed E-state index contributed by atoms with van der Waals surface area (Å²) in [6.45, 7) is 3.68. The third-order valence-corrected chi connectivity index (χ3v) is 3.39. The number of rotatable bonds is 5. The Balaban J connectivity index is 2.27. The van der Waals surface area contributed by atoms with E-state index in [1.54, 1.807) is 30.3 Å². The van der Waals surface area contributed by atoms with Gasteiger partial charge in [-0.25, -0.2) is 0 Å². The van der Waals surface area contributed by atoms with E-state index in [0.717, 1.165) is 12.1 Å². The van der Waals surface area contributed by atoms with Crippen LogP contribution < -0.4 is 10.1 Å². The number of alkyl halides is 3. The van der Waals surface area contributed by atoms with Gasteiger partial charge >= 0.3 is 6.18 Å². The number of hydrogen-bond acceptors (Lipinski definition) is 3. The van der Waals surface area contributed by atoms with Crippen molar-refractivity contribution in [2.75, 3.05) is 5.32 Å². The lowest BCUT2D eigenvalue weighted by molar-refractivity contribution is -0.137. The maximum Gasteiger partial charge on any atom is 0.416 e. The van der Waals surface area contributed by atoms with Gasteiger partial charge in [-0.1, -0.05) is 24.3 Å². The molecule has 0 saturated carbocycles. The molecule has 0 bridgehead atoms. The SMILES string of the molecule is CC(C)Oc1ccccc1C=C(C#N)C(=O)Nc1cccc(C(F)(F)F)c1. The van der Waals surface area contributed by atoms with Crippen molar-refractivity contribution in [2.45, 2.75) is 26.1 Å². The van der Waals surface area contributed by atoms with Crippen molar-refractivity contribution < 1.29 is 22.7 Å². The molecule has 2 rings (SSSR count). The van der Waals surface area contributed by atoms with Crippen LogP contribution in [0.5, 0.6) is 5.75 Å². The first kappa shape index (κ1) is 20.0. The molecule has 0 atom stereocenters. The van der Waals surface area contributed by atoms with Crippen LogP contribution in [0, 0.1) is 11.3 Å². The average Bonchev–Trinajstić information content (AvgIpc) is 2.60. The molecule has 0 spiro atoms. The zero-order valence-corrected chi connectivity index (χ0v) is 14.7. The summed E-state index contributed by atoms with van der Waals surface area (Å²) in [5.41, 5.74) is -0.685. The maximum absolute atomic E-state index is 12.8. The summed E-state index contributed by atoms with van der Waals surface area (Å²) in [5, 5.41) is 11.6. The molecule has 2 aromatic rings. The lowest BCUT2D eigenvalue weighted by Crippen LogP contribution is -2.14. The zero-order valence-electron chi connectivity index (χ0n) is 14.7. The summed E-state index contributed by atoms with van der Waals surface area (Å²) in [6.07, 6.45) is -3.30. The molecule has 7 heteroatoms. The lowest BCUT2D eigenvalue weighted by Gasteiger charge is -2.12. The molecule has 0 saturated heterocycles. The highest BCUT2D eigenvalue weighted by molar-refractivity contribution is 6.09. The highest BCUT2D eigenvalue weighted by atomic mass is 19.4. The van der Waals surface area contributed by atoms with Crippen molar-refractivity contribution >= 4 is 17.7 Å². The first-order chi connectivity index (χ1) is 12.7. The molecule has 27 heavy (non-hydrogen) atoms. The van der Waals surface area contributed by atoms with Gasteiger partial charge in [-0.05, 0) is 44.2 Å². The van der Waals surface area contributed by atoms with Crippen LogP contribution in [0.1, 0.15) is 25.0 Å². The van der Waals surface area contributed by atoms with Gasteiger partial charge in [0.2, 0.25) is 0 Å². The minimum Gasteiger partial charge on any atom is -0.490 e. The second-order valence-electron chi connectivity index (χ2n) is 5.91. The van der Waals surface area contributed by atoms with Gasteiger partial charge in [0.15, 0.2) is 0 Å². The van der Waals surface area contributed by atoms with E-state index < -0.39 is 17.6 Å². The van der Waals surface area contributed by atoms with Crippen LogP contribution in [0.2, 0.25) is 0 Å². The van der Waals surface area contributed by atoms with Gasteiger partial charge in [-0.2, -0.15) is 18.4 Å². The highest BCUT2D eigenvalue weighted by Gasteiger charge is 2.30. The topological polar surface area (TPSA) is 62.1 Å². The normalized spacial score (nSPS) is 11.8. The van der Waals surface area contributed by atoms with Crippen LogP contribution in [0.4, 0.5) is 18.9 Å². The molecular weight excluding hydrogens is 357 g/mol. The summed E-state index contributed by atoms with van der Waals surface area (Å²) in [6, 6.07) is 12.8. The van der Waals surface area contributed by atoms with E-state index in [-0.39, 0.29) is 17.4 Å². The quantitative estimate of drug-likeness (QED) is 0.589. The molecule has 0 unspecified atom stereocenters. The Morgan fingerprint density at radius 3 is 2.52 bits per heavy atom. The van der Waals surface area contributed by atoms with Crippen molar-refractivity contribution in [3.8, 4) is 11.8 Å². The minimum atomic E-state index is -4.53. The Bertz CT molecular complexity index is 897. The average molecular weight is 374 g/mol. The molecule has 0 heterocycles. The number of nitrogens with zero attached hydrogens (tertiary/aromatic N) is 1. The monoisotopic (exact) mass is 374 g/mol. The van der Waals surface area contributed by atoms with Crippen LogP contribution in [-0.4, -0.2) is 12.0 Å². The summed E-state index contributed by atoms with van der Waals surface area (Å²) in [7, 11) is 0. The van der Waals surface area contributed by atoms with Gasteiger partial charge in [0.1, 0.15) is 17.4 Å². The Labute approximate surface area is 154 Å². The van der Waals surface area contributed by atoms with E-state index in [0.29, 0.717) is 11.3 Å². The lowest BCUT2D eigenvalue weighted by atomic mass is 10.1. The third kappa shape index (κ3) is 5.61. The number of nitrogens with one attached hydrogen (secondary N) is 1. The van der Waals surface area contributed by atoms with E-state index in [9.17, 15) is 23.2 Å².